The number of rotatable bonds is 4. The van der Waals surface area contributed by atoms with Gasteiger partial charge in [0.05, 0.1) is 5.56 Å². The van der Waals surface area contributed by atoms with Gasteiger partial charge in [-0.05, 0) is 37.8 Å². The second-order valence-corrected chi connectivity index (χ2v) is 5.21. The number of halogens is 1. The van der Waals surface area contributed by atoms with E-state index in [-0.39, 0.29) is 29.0 Å². The van der Waals surface area contributed by atoms with Gasteiger partial charge in [0.25, 0.3) is 5.91 Å². The van der Waals surface area contributed by atoms with Gasteiger partial charge in [-0.25, -0.2) is 0 Å². The van der Waals surface area contributed by atoms with Crippen LogP contribution in [0.15, 0.2) is 18.2 Å². The van der Waals surface area contributed by atoms with Gasteiger partial charge < -0.3 is 15.1 Å². The van der Waals surface area contributed by atoms with Crippen molar-refractivity contribution in [1.82, 2.24) is 4.90 Å². The topological polar surface area (TPSA) is 60.8 Å². The van der Waals surface area contributed by atoms with E-state index in [9.17, 15) is 15.0 Å². The Morgan fingerprint density at radius 1 is 1.42 bits per heavy atom. The van der Waals surface area contributed by atoms with Gasteiger partial charge >= 0.3 is 0 Å². The zero-order valence-electron chi connectivity index (χ0n) is 10.7. The molecule has 1 atom stereocenters. The zero-order chi connectivity index (χ0) is 13.8. The molecule has 19 heavy (non-hydrogen) atoms. The lowest BCUT2D eigenvalue weighted by molar-refractivity contribution is 0.0727. The Labute approximate surface area is 117 Å². The van der Waals surface area contributed by atoms with Gasteiger partial charge in [-0.1, -0.05) is 0 Å². The summed E-state index contributed by atoms with van der Waals surface area (Å²) in [6.45, 7) is 0.714. The molecule has 1 heterocycles. The van der Waals surface area contributed by atoms with Crippen molar-refractivity contribution >= 4 is 17.5 Å². The number of benzene rings is 1. The van der Waals surface area contributed by atoms with Crippen molar-refractivity contribution in [3.8, 4) is 11.5 Å². The van der Waals surface area contributed by atoms with Crippen molar-refractivity contribution in [3.05, 3.63) is 23.8 Å². The van der Waals surface area contributed by atoms with Crippen LogP contribution in [0.1, 0.15) is 36.0 Å². The van der Waals surface area contributed by atoms with Crippen LogP contribution in [0.4, 0.5) is 0 Å². The average Bonchev–Trinajstić information content (AvgIpc) is 2.83. The minimum atomic E-state index is -0.173. The molecular formula is C14H18ClNO3. The molecule has 0 bridgehead atoms. The Kier molecular flexibility index (Phi) is 4.53. The molecule has 0 aliphatic carbocycles. The molecule has 1 aliphatic rings. The van der Waals surface area contributed by atoms with Crippen molar-refractivity contribution in [2.45, 2.75) is 31.7 Å². The lowest BCUT2D eigenvalue weighted by atomic mass is 10.1. The number of aromatic hydroxyl groups is 2. The quantitative estimate of drug-likeness (QED) is 0.835. The van der Waals surface area contributed by atoms with Gasteiger partial charge in [-0.3, -0.25) is 4.79 Å². The minimum absolute atomic E-state index is 0.0471. The van der Waals surface area contributed by atoms with Gasteiger partial charge in [0.15, 0.2) is 0 Å². The number of carbonyl (C=O) groups excluding carboxylic acids is 1. The normalized spacial score (nSPS) is 18.8. The summed E-state index contributed by atoms with van der Waals surface area (Å²) in [5, 5.41) is 19.0. The molecule has 1 fully saturated rings. The predicted octanol–water partition coefficient (Wildman–Crippen LogP) is 2.72. The Hall–Kier alpha value is -1.42. The van der Waals surface area contributed by atoms with Crippen LogP contribution in [0.3, 0.4) is 0 Å². The van der Waals surface area contributed by atoms with E-state index in [1.165, 1.54) is 18.2 Å². The molecule has 1 aliphatic heterocycles. The summed E-state index contributed by atoms with van der Waals surface area (Å²) >= 11 is 5.70. The smallest absolute Gasteiger partial charge is 0.257 e. The lowest BCUT2D eigenvalue weighted by Gasteiger charge is -2.25. The second-order valence-electron chi connectivity index (χ2n) is 4.83. The monoisotopic (exact) mass is 283 g/mol. The minimum Gasteiger partial charge on any atom is -0.508 e. The van der Waals surface area contributed by atoms with Gasteiger partial charge in [0.2, 0.25) is 0 Å². The Morgan fingerprint density at radius 3 is 2.89 bits per heavy atom. The molecule has 1 aromatic rings. The fourth-order valence-electron chi connectivity index (χ4n) is 2.57. The van der Waals surface area contributed by atoms with Crippen LogP contribution in [0.2, 0.25) is 0 Å². The van der Waals surface area contributed by atoms with Crippen LogP contribution < -0.4 is 0 Å². The lowest BCUT2D eigenvalue weighted by Crippen LogP contribution is -2.35. The molecule has 104 valence electrons. The molecular weight excluding hydrogens is 266 g/mol. The summed E-state index contributed by atoms with van der Waals surface area (Å²) in [4.78, 5) is 14.2. The number of amides is 1. The molecule has 1 saturated heterocycles. The number of alkyl halides is 1. The fourth-order valence-corrected chi connectivity index (χ4v) is 2.73. The Bertz CT molecular complexity index is 464. The first-order valence-corrected chi connectivity index (χ1v) is 7.06. The van der Waals surface area contributed by atoms with Crippen LogP contribution in [-0.4, -0.2) is 39.5 Å². The number of phenols is 2. The molecule has 2 N–H and O–H groups in total. The van der Waals surface area contributed by atoms with E-state index >= 15 is 0 Å². The maximum Gasteiger partial charge on any atom is 0.257 e. The van der Waals surface area contributed by atoms with Crippen molar-refractivity contribution < 1.29 is 15.0 Å². The van der Waals surface area contributed by atoms with E-state index in [0.717, 1.165) is 25.7 Å². The highest BCUT2D eigenvalue weighted by Crippen LogP contribution is 2.28. The summed E-state index contributed by atoms with van der Waals surface area (Å²) in [6.07, 6.45) is 3.75. The van der Waals surface area contributed by atoms with E-state index < -0.39 is 0 Å². The van der Waals surface area contributed by atoms with Gasteiger partial charge in [-0.15, -0.1) is 11.6 Å². The predicted molar refractivity (Wildman–Crippen MR) is 73.8 cm³/mol. The first-order chi connectivity index (χ1) is 9.13. The van der Waals surface area contributed by atoms with Crippen molar-refractivity contribution in [2.24, 2.45) is 0 Å². The fraction of sp³-hybridized carbons (Fsp3) is 0.500. The maximum absolute atomic E-state index is 12.4. The number of carbonyl (C=O) groups is 1. The molecule has 5 heteroatoms. The van der Waals surface area contributed by atoms with E-state index in [4.69, 9.17) is 11.6 Å². The molecule has 1 unspecified atom stereocenters. The summed E-state index contributed by atoms with van der Waals surface area (Å²) in [7, 11) is 0. The maximum atomic E-state index is 12.4. The van der Waals surface area contributed by atoms with Crippen molar-refractivity contribution in [1.29, 1.82) is 0 Å². The molecule has 4 nitrogen and oxygen atoms in total. The number of hydrogen-bond donors (Lipinski definition) is 2. The number of hydrogen-bond acceptors (Lipinski definition) is 3. The number of likely N-dealkylation sites (tertiary alicyclic amines) is 1. The van der Waals surface area contributed by atoms with Crippen LogP contribution in [-0.2, 0) is 0 Å². The highest BCUT2D eigenvalue weighted by molar-refractivity contribution is 6.17. The SMILES string of the molecule is O=C(c1ccc(O)cc1O)N1CCCC1CCCCl. The van der Waals surface area contributed by atoms with E-state index in [0.29, 0.717) is 12.4 Å². The third-order valence-corrected chi connectivity index (χ3v) is 3.79. The van der Waals surface area contributed by atoms with Gasteiger partial charge in [0, 0.05) is 24.5 Å². The van der Waals surface area contributed by atoms with Crippen molar-refractivity contribution in [3.63, 3.8) is 0 Å². The van der Waals surface area contributed by atoms with Crippen LogP contribution in [0, 0.1) is 0 Å². The third kappa shape index (κ3) is 3.13. The summed E-state index contributed by atoms with van der Waals surface area (Å²) in [5.41, 5.74) is 0.246. The van der Waals surface area contributed by atoms with Crippen molar-refractivity contribution in [2.75, 3.05) is 12.4 Å². The van der Waals surface area contributed by atoms with Crippen LogP contribution in [0.5, 0.6) is 11.5 Å². The van der Waals surface area contributed by atoms with E-state index in [1.54, 1.807) is 4.90 Å². The van der Waals surface area contributed by atoms with Crippen LogP contribution >= 0.6 is 11.6 Å². The standard InChI is InChI=1S/C14H18ClNO3/c15-7-1-3-10-4-2-8-16(10)14(19)12-6-5-11(17)9-13(12)18/h5-6,9-10,17-18H,1-4,7-8H2. The first kappa shape index (κ1) is 14.0. The van der Waals surface area contributed by atoms with Crippen LogP contribution in [0.25, 0.3) is 0 Å². The Balaban J connectivity index is 2.13. The van der Waals surface area contributed by atoms with Gasteiger partial charge in [-0.2, -0.15) is 0 Å². The van der Waals surface area contributed by atoms with E-state index in [1.807, 2.05) is 0 Å². The third-order valence-electron chi connectivity index (χ3n) is 3.52. The number of phenolic OH excluding ortho intramolecular Hbond substituents is 2. The molecule has 0 saturated carbocycles. The van der Waals surface area contributed by atoms with E-state index in [2.05, 4.69) is 0 Å². The Morgan fingerprint density at radius 2 is 2.21 bits per heavy atom. The first-order valence-electron chi connectivity index (χ1n) is 6.52. The summed E-state index contributed by atoms with van der Waals surface area (Å²) in [5.74, 6) is 0.208. The molecule has 0 spiro atoms. The largest absolute Gasteiger partial charge is 0.508 e. The second kappa shape index (κ2) is 6.15. The number of nitrogens with zero attached hydrogens (tertiary/aromatic N) is 1. The summed E-state index contributed by atoms with van der Waals surface area (Å²) in [6, 6.07) is 4.28. The highest BCUT2D eigenvalue weighted by Gasteiger charge is 2.30. The molecule has 0 radical (unpaired) electrons. The molecule has 1 aromatic carbocycles. The molecule has 2 rings (SSSR count). The summed E-state index contributed by atoms with van der Waals surface area (Å²) < 4.78 is 0. The molecule has 1 amide bonds. The average molecular weight is 284 g/mol. The highest BCUT2D eigenvalue weighted by atomic mass is 35.5. The molecule has 0 aromatic heterocycles. The zero-order valence-corrected chi connectivity index (χ0v) is 11.4. The van der Waals surface area contributed by atoms with Gasteiger partial charge in [0.1, 0.15) is 11.5 Å².